The summed E-state index contributed by atoms with van der Waals surface area (Å²) in [5.41, 5.74) is 8.61. The van der Waals surface area contributed by atoms with Gasteiger partial charge in [-0.25, -0.2) is 4.39 Å². The molecule has 0 saturated carbocycles. The molecular formula is C16H22FN3. The number of nitrogens with zero attached hydrogens (tertiary/aromatic N) is 2. The minimum Gasteiger partial charge on any atom is -0.348 e. The molecule has 0 radical (unpaired) electrons. The van der Waals surface area contributed by atoms with E-state index >= 15 is 0 Å². The second-order valence-electron chi connectivity index (χ2n) is 6.04. The Balaban J connectivity index is 2.07. The Labute approximate surface area is 119 Å². The molecule has 2 atom stereocenters. The van der Waals surface area contributed by atoms with E-state index in [-0.39, 0.29) is 11.9 Å². The van der Waals surface area contributed by atoms with Crippen LogP contribution < -0.4 is 5.73 Å². The highest BCUT2D eigenvalue weighted by molar-refractivity contribution is 5.83. The highest BCUT2D eigenvalue weighted by Gasteiger charge is 2.32. The van der Waals surface area contributed by atoms with Crippen LogP contribution in [0.4, 0.5) is 4.39 Å². The van der Waals surface area contributed by atoms with Gasteiger partial charge < -0.3 is 10.3 Å². The van der Waals surface area contributed by atoms with Gasteiger partial charge in [-0.2, -0.15) is 0 Å². The van der Waals surface area contributed by atoms with Crippen molar-refractivity contribution in [3.63, 3.8) is 0 Å². The van der Waals surface area contributed by atoms with Crippen LogP contribution in [0.5, 0.6) is 0 Å². The van der Waals surface area contributed by atoms with Crippen LogP contribution in [-0.4, -0.2) is 29.6 Å². The summed E-state index contributed by atoms with van der Waals surface area (Å²) in [6, 6.07) is 6.05. The second-order valence-corrected chi connectivity index (χ2v) is 6.04. The van der Waals surface area contributed by atoms with Crippen molar-refractivity contribution in [2.24, 2.45) is 18.7 Å². The molecule has 2 heterocycles. The fourth-order valence-corrected chi connectivity index (χ4v) is 3.42. The predicted molar refractivity (Wildman–Crippen MR) is 80.1 cm³/mol. The number of fused-ring (bicyclic) bond motifs is 1. The van der Waals surface area contributed by atoms with Gasteiger partial charge in [0.2, 0.25) is 0 Å². The fourth-order valence-electron chi connectivity index (χ4n) is 3.42. The van der Waals surface area contributed by atoms with Crippen molar-refractivity contribution in [2.75, 3.05) is 20.1 Å². The van der Waals surface area contributed by atoms with E-state index < -0.39 is 0 Å². The minimum absolute atomic E-state index is 0.0688. The van der Waals surface area contributed by atoms with E-state index in [9.17, 15) is 4.39 Å². The highest BCUT2D eigenvalue weighted by Crippen LogP contribution is 2.37. The number of aryl methyl sites for hydroxylation is 2. The number of benzene rings is 1. The summed E-state index contributed by atoms with van der Waals surface area (Å²) in [6.07, 6.45) is 0.946. The first-order valence-electron chi connectivity index (χ1n) is 7.17. The Morgan fingerprint density at radius 2 is 2.10 bits per heavy atom. The van der Waals surface area contributed by atoms with Crippen LogP contribution >= 0.6 is 0 Å². The molecular weight excluding hydrogens is 253 g/mol. The number of aromatic nitrogens is 1. The van der Waals surface area contributed by atoms with Crippen molar-refractivity contribution in [1.82, 2.24) is 9.47 Å². The van der Waals surface area contributed by atoms with Gasteiger partial charge in [0.15, 0.2) is 0 Å². The van der Waals surface area contributed by atoms with Gasteiger partial charge in [0.1, 0.15) is 5.82 Å². The van der Waals surface area contributed by atoms with E-state index in [4.69, 9.17) is 5.73 Å². The van der Waals surface area contributed by atoms with Gasteiger partial charge in [0, 0.05) is 36.3 Å². The maximum absolute atomic E-state index is 14.8. The van der Waals surface area contributed by atoms with E-state index in [0.717, 1.165) is 35.1 Å². The highest BCUT2D eigenvalue weighted by atomic mass is 19.1. The lowest BCUT2D eigenvalue weighted by atomic mass is 9.98. The third-order valence-corrected chi connectivity index (χ3v) is 4.76. The van der Waals surface area contributed by atoms with E-state index in [1.807, 2.05) is 36.7 Å². The molecule has 0 aliphatic carbocycles. The van der Waals surface area contributed by atoms with Gasteiger partial charge in [0.25, 0.3) is 0 Å². The Bertz CT molecular complexity index is 647. The molecule has 1 aromatic carbocycles. The Morgan fingerprint density at radius 1 is 1.35 bits per heavy atom. The fraction of sp³-hybridized carbons (Fsp3) is 0.500. The van der Waals surface area contributed by atoms with Crippen LogP contribution in [-0.2, 0) is 7.05 Å². The maximum Gasteiger partial charge on any atom is 0.137 e. The Morgan fingerprint density at radius 3 is 2.75 bits per heavy atom. The topological polar surface area (TPSA) is 34.2 Å². The average molecular weight is 275 g/mol. The largest absolute Gasteiger partial charge is 0.348 e. The summed E-state index contributed by atoms with van der Waals surface area (Å²) in [5, 5.41) is 0.729. The molecule has 2 N–H and O–H groups in total. The SMILES string of the molecule is Cc1cc2c(F)c(C3CC(CN)CN3C)ccc2n1C. The number of hydrogen-bond acceptors (Lipinski definition) is 2. The van der Waals surface area contributed by atoms with Gasteiger partial charge in [-0.3, -0.25) is 4.90 Å². The second kappa shape index (κ2) is 4.86. The number of halogens is 1. The zero-order chi connectivity index (χ0) is 14.4. The summed E-state index contributed by atoms with van der Waals surface area (Å²) < 4.78 is 16.9. The number of likely N-dealkylation sites (tertiary alicyclic amines) is 1. The van der Waals surface area contributed by atoms with Crippen LogP contribution in [0.25, 0.3) is 10.9 Å². The van der Waals surface area contributed by atoms with Gasteiger partial charge in [0.05, 0.1) is 5.52 Å². The summed E-state index contributed by atoms with van der Waals surface area (Å²) in [7, 11) is 4.03. The molecule has 2 unspecified atom stereocenters. The molecule has 4 heteroatoms. The first-order valence-corrected chi connectivity index (χ1v) is 7.17. The quantitative estimate of drug-likeness (QED) is 0.914. The molecule has 20 heavy (non-hydrogen) atoms. The van der Waals surface area contributed by atoms with Crippen molar-refractivity contribution in [3.8, 4) is 0 Å². The van der Waals surface area contributed by atoms with E-state index in [1.165, 1.54) is 0 Å². The zero-order valence-electron chi connectivity index (χ0n) is 12.4. The smallest absolute Gasteiger partial charge is 0.137 e. The molecule has 2 aromatic rings. The molecule has 108 valence electrons. The first kappa shape index (κ1) is 13.6. The molecule has 3 rings (SSSR count). The third kappa shape index (κ3) is 1.95. The Hall–Kier alpha value is -1.39. The molecule has 1 fully saturated rings. The lowest BCUT2D eigenvalue weighted by Gasteiger charge is -2.20. The van der Waals surface area contributed by atoms with Crippen molar-refractivity contribution >= 4 is 10.9 Å². The Kier molecular flexibility index (Phi) is 3.30. The van der Waals surface area contributed by atoms with E-state index in [0.29, 0.717) is 12.5 Å². The van der Waals surface area contributed by atoms with Crippen LogP contribution in [0.2, 0.25) is 0 Å². The normalized spacial score (nSPS) is 23.9. The van der Waals surface area contributed by atoms with Gasteiger partial charge >= 0.3 is 0 Å². The van der Waals surface area contributed by atoms with Crippen molar-refractivity contribution in [1.29, 1.82) is 0 Å². The number of rotatable bonds is 2. The average Bonchev–Trinajstić information content (AvgIpc) is 2.93. The monoisotopic (exact) mass is 275 g/mol. The summed E-state index contributed by atoms with van der Waals surface area (Å²) >= 11 is 0. The van der Waals surface area contributed by atoms with E-state index in [2.05, 4.69) is 11.9 Å². The summed E-state index contributed by atoms with van der Waals surface area (Å²) in [5.74, 6) is 0.401. The molecule has 0 bridgehead atoms. The van der Waals surface area contributed by atoms with Crippen LogP contribution in [0.3, 0.4) is 0 Å². The predicted octanol–water partition coefficient (Wildman–Crippen LogP) is 2.58. The molecule has 1 saturated heterocycles. The molecule has 0 spiro atoms. The van der Waals surface area contributed by atoms with Crippen LogP contribution in [0.1, 0.15) is 23.7 Å². The van der Waals surface area contributed by atoms with Crippen molar-refractivity contribution < 1.29 is 4.39 Å². The molecule has 3 nitrogen and oxygen atoms in total. The lowest BCUT2D eigenvalue weighted by molar-refractivity contribution is 0.307. The van der Waals surface area contributed by atoms with Gasteiger partial charge in [-0.05, 0) is 45.0 Å². The van der Waals surface area contributed by atoms with Gasteiger partial charge in [-0.15, -0.1) is 0 Å². The van der Waals surface area contributed by atoms with Crippen molar-refractivity contribution in [2.45, 2.75) is 19.4 Å². The van der Waals surface area contributed by atoms with E-state index in [1.54, 1.807) is 0 Å². The molecule has 0 amide bonds. The molecule has 1 aliphatic rings. The molecule has 1 aromatic heterocycles. The van der Waals surface area contributed by atoms with Crippen LogP contribution in [0, 0.1) is 18.7 Å². The molecule has 1 aliphatic heterocycles. The standard InChI is InChI=1S/C16H22FN3/c1-10-6-13-14(20(10)3)5-4-12(16(13)17)15-7-11(8-18)9-19(15)2/h4-6,11,15H,7-9,18H2,1-3H3. The van der Waals surface area contributed by atoms with Crippen LogP contribution in [0.15, 0.2) is 18.2 Å². The lowest BCUT2D eigenvalue weighted by Crippen LogP contribution is -2.21. The van der Waals surface area contributed by atoms with Gasteiger partial charge in [-0.1, -0.05) is 6.07 Å². The number of nitrogens with two attached hydrogens (primary N) is 1. The van der Waals surface area contributed by atoms with Crippen molar-refractivity contribution in [3.05, 3.63) is 35.3 Å². The zero-order valence-corrected chi connectivity index (χ0v) is 12.4. The summed E-state index contributed by atoms with van der Waals surface area (Å²) in [4.78, 5) is 2.22. The third-order valence-electron chi connectivity index (χ3n) is 4.76. The summed E-state index contributed by atoms with van der Waals surface area (Å²) in [6.45, 7) is 3.63. The first-order chi connectivity index (χ1) is 9.52. The minimum atomic E-state index is -0.0688. The number of hydrogen-bond donors (Lipinski definition) is 1. The maximum atomic E-state index is 14.8.